The van der Waals surface area contributed by atoms with Gasteiger partial charge in [-0.15, -0.1) is 0 Å². The van der Waals surface area contributed by atoms with Gasteiger partial charge >= 0.3 is 0 Å². The summed E-state index contributed by atoms with van der Waals surface area (Å²) in [6.07, 6.45) is 3.30. The van der Waals surface area contributed by atoms with E-state index in [4.69, 9.17) is 5.41 Å². The number of fused-ring (bicyclic) bond motifs is 1. The molecule has 2 rings (SSSR count). The van der Waals surface area contributed by atoms with Crippen LogP contribution in [0.5, 0.6) is 0 Å². The second-order valence-corrected chi connectivity index (χ2v) is 4.26. The van der Waals surface area contributed by atoms with Gasteiger partial charge in [0.1, 0.15) is 5.82 Å². The zero-order valence-corrected chi connectivity index (χ0v) is 8.52. The number of halogens is 1. The van der Waals surface area contributed by atoms with E-state index >= 15 is 0 Å². The van der Waals surface area contributed by atoms with Crippen molar-refractivity contribution >= 4 is 6.21 Å². The second kappa shape index (κ2) is 2.91. The third-order valence-corrected chi connectivity index (χ3v) is 3.36. The summed E-state index contributed by atoms with van der Waals surface area (Å²) in [4.78, 5) is 0. The quantitative estimate of drug-likeness (QED) is 0.660. The van der Waals surface area contributed by atoms with Crippen molar-refractivity contribution in [1.82, 2.24) is 0 Å². The van der Waals surface area contributed by atoms with E-state index in [1.54, 1.807) is 0 Å². The van der Waals surface area contributed by atoms with Crippen LogP contribution in [0.25, 0.3) is 0 Å². The Morgan fingerprint density at radius 1 is 1.50 bits per heavy atom. The molecule has 1 N–H and O–H groups in total. The minimum Gasteiger partial charge on any atom is -0.312 e. The summed E-state index contributed by atoms with van der Waals surface area (Å²) < 4.78 is 13.3. The van der Waals surface area contributed by atoms with Gasteiger partial charge in [-0.3, -0.25) is 0 Å². The van der Waals surface area contributed by atoms with Crippen LogP contribution in [0.4, 0.5) is 4.39 Å². The lowest BCUT2D eigenvalue weighted by Gasteiger charge is -2.19. The molecule has 1 aromatic carbocycles. The Hall–Kier alpha value is -1.18. The molecule has 1 unspecified atom stereocenters. The zero-order chi connectivity index (χ0) is 10.3. The Kier molecular flexibility index (Phi) is 1.95. The highest BCUT2D eigenvalue weighted by molar-refractivity contribution is 5.73. The summed E-state index contributed by atoms with van der Waals surface area (Å²) in [6.45, 7) is 3.87. The van der Waals surface area contributed by atoms with Crippen LogP contribution in [0.15, 0.2) is 12.1 Å². The van der Waals surface area contributed by atoms with Crippen LogP contribution in [0.3, 0.4) is 0 Å². The van der Waals surface area contributed by atoms with E-state index < -0.39 is 0 Å². The van der Waals surface area contributed by atoms with Crippen LogP contribution in [-0.4, -0.2) is 6.21 Å². The van der Waals surface area contributed by atoms with Gasteiger partial charge in [0.15, 0.2) is 0 Å². The van der Waals surface area contributed by atoms with Gasteiger partial charge in [0.05, 0.1) is 0 Å². The fraction of sp³-hybridized carbons (Fsp3) is 0.417. The monoisotopic (exact) mass is 191 g/mol. The summed E-state index contributed by atoms with van der Waals surface area (Å²) in [5, 5.41) is 7.43. The van der Waals surface area contributed by atoms with Gasteiger partial charge in [-0.25, -0.2) is 4.39 Å². The van der Waals surface area contributed by atoms with Crippen LogP contribution in [-0.2, 0) is 11.8 Å². The van der Waals surface area contributed by atoms with E-state index in [1.807, 2.05) is 19.9 Å². The average Bonchev–Trinajstić information content (AvgIpc) is 2.52. The molecule has 1 aliphatic rings. The van der Waals surface area contributed by atoms with Crippen LogP contribution in [0, 0.1) is 18.2 Å². The van der Waals surface area contributed by atoms with Crippen molar-refractivity contribution in [2.75, 3.05) is 0 Å². The van der Waals surface area contributed by atoms with Crippen LogP contribution in [0.2, 0.25) is 0 Å². The van der Waals surface area contributed by atoms with E-state index in [2.05, 4.69) is 0 Å². The highest BCUT2D eigenvalue weighted by Gasteiger charge is 2.33. The fourth-order valence-corrected chi connectivity index (χ4v) is 2.25. The lowest BCUT2D eigenvalue weighted by atomic mass is 9.85. The number of rotatable bonds is 1. The molecular weight excluding hydrogens is 177 g/mol. The Labute approximate surface area is 83.5 Å². The lowest BCUT2D eigenvalue weighted by Crippen LogP contribution is -2.19. The van der Waals surface area contributed by atoms with E-state index in [0.717, 1.165) is 29.5 Å². The standard InChI is InChI=1S/C12H14FN/c1-8-9-5-6-12(2,7-14)10(9)3-4-11(8)13/h3-4,7,14H,5-6H2,1-2H3. The Bertz CT molecular complexity index is 398. The Morgan fingerprint density at radius 2 is 2.21 bits per heavy atom. The molecule has 1 aromatic rings. The molecule has 0 bridgehead atoms. The van der Waals surface area contributed by atoms with Crippen molar-refractivity contribution in [3.63, 3.8) is 0 Å². The van der Waals surface area contributed by atoms with Gasteiger partial charge in [0.2, 0.25) is 0 Å². The Balaban J connectivity index is 2.64. The normalized spacial score (nSPS) is 24.8. The third kappa shape index (κ3) is 1.10. The predicted molar refractivity (Wildman–Crippen MR) is 55.6 cm³/mol. The average molecular weight is 191 g/mol. The third-order valence-electron chi connectivity index (χ3n) is 3.36. The summed E-state index contributed by atoms with van der Waals surface area (Å²) in [6, 6.07) is 3.34. The molecule has 74 valence electrons. The van der Waals surface area contributed by atoms with Gasteiger partial charge in [-0.1, -0.05) is 13.0 Å². The van der Waals surface area contributed by atoms with Gasteiger partial charge < -0.3 is 5.41 Å². The number of hydrogen-bond donors (Lipinski definition) is 1. The zero-order valence-electron chi connectivity index (χ0n) is 8.52. The molecule has 0 aliphatic heterocycles. The maximum absolute atomic E-state index is 13.3. The molecule has 14 heavy (non-hydrogen) atoms. The van der Waals surface area contributed by atoms with E-state index in [1.165, 1.54) is 12.3 Å². The molecule has 0 aromatic heterocycles. The molecule has 1 atom stereocenters. The first-order valence-electron chi connectivity index (χ1n) is 4.88. The number of benzene rings is 1. The first-order chi connectivity index (χ1) is 6.58. The van der Waals surface area contributed by atoms with Crippen molar-refractivity contribution in [3.8, 4) is 0 Å². The summed E-state index contributed by atoms with van der Waals surface area (Å²) >= 11 is 0. The SMILES string of the molecule is Cc1c(F)ccc2c1CCC2(C)C=N. The van der Waals surface area contributed by atoms with E-state index in [-0.39, 0.29) is 11.2 Å². The van der Waals surface area contributed by atoms with Gasteiger partial charge in [-0.05, 0) is 42.5 Å². The first-order valence-corrected chi connectivity index (χ1v) is 4.88. The minimum absolute atomic E-state index is 0.127. The molecule has 1 nitrogen and oxygen atoms in total. The molecule has 0 saturated carbocycles. The maximum atomic E-state index is 13.3. The van der Waals surface area contributed by atoms with E-state index in [0.29, 0.717) is 0 Å². The molecule has 0 fully saturated rings. The molecule has 0 spiro atoms. The highest BCUT2D eigenvalue weighted by atomic mass is 19.1. The van der Waals surface area contributed by atoms with Crippen molar-refractivity contribution in [2.24, 2.45) is 0 Å². The van der Waals surface area contributed by atoms with Crippen molar-refractivity contribution in [1.29, 1.82) is 5.41 Å². The second-order valence-electron chi connectivity index (χ2n) is 4.26. The molecule has 0 saturated heterocycles. The summed E-state index contributed by atoms with van der Waals surface area (Å²) in [5.74, 6) is -0.127. The number of nitrogens with one attached hydrogen (secondary N) is 1. The largest absolute Gasteiger partial charge is 0.312 e. The minimum atomic E-state index is -0.173. The molecular formula is C12H14FN. The van der Waals surface area contributed by atoms with Crippen LogP contribution >= 0.6 is 0 Å². The topological polar surface area (TPSA) is 23.9 Å². The van der Waals surface area contributed by atoms with Crippen molar-refractivity contribution < 1.29 is 4.39 Å². The molecule has 2 heteroatoms. The summed E-state index contributed by atoms with van der Waals surface area (Å²) in [5.41, 5.74) is 2.82. The van der Waals surface area contributed by atoms with Crippen molar-refractivity contribution in [2.45, 2.75) is 32.1 Å². The van der Waals surface area contributed by atoms with Gasteiger partial charge in [0, 0.05) is 11.6 Å². The highest BCUT2D eigenvalue weighted by Crippen LogP contribution is 2.39. The molecule has 1 aliphatic carbocycles. The smallest absolute Gasteiger partial charge is 0.126 e. The van der Waals surface area contributed by atoms with Crippen LogP contribution in [0.1, 0.15) is 30.0 Å². The van der Waals surface area contributed by atoms with Crippen molar-refractivity contribution in [3.05, 3.63) is 34.6 Å². The van der Waals surface area contributed by atoms with Gasteiger partial charge in [0.25, 0.3) is 0 Å². The summed E-state index contributed by atoms with van der Waals surface area (Å²) in [7, 11) is 0. The maximum Gasteiger partial charge on any atom is 0.126 e. The molecule has 0 amide bonds. The Morgan fingerprint density at radius 3 is 2.86 bits per heavy atom. The molecule has 0 radical (unpaired) electrons. The number of hydrogen-bond acceptors (Lipinski definition) is 1. The fourth-order valence-electron chi connectivity index (χ4n) is 2.25. The molecule has 0 heterocycles. The van der Waals surface area contributed by atoms with E-state index in [9.17, 15) is 4.39 Å². The van der Waals surface area contributed by atoms with Gasteiger partial charge in [-0.2, -0.15) is 0 Å². The predicted octanol–water partition coefficient (Wildman–Crippen LogP) is 2.99. The lowest BCUT2D eigenvalue weighted by molar-refractivity contribution is 0.615. The van der Waals surface area contributed by atoms with Crippen LogP contribution < -0.4 is 0 Å². The first kappa shape index (κ1) is 9.38.